The summed E-state index contributed by atoms with van der Waals surface area (Å²) in [4.78, 5) is 12.0. The Morgan fingerprint density at radius 2 is 2.05 bits per heavy atom. The van der Waals surface area contributed by atoms with E-state index in [2.05, 4.69) is 5.32 Å². The van der Waals surface area contributed by atoms with E-state index < -0.39 is 0 Å². The van der Waals surface area contributed by atoms with Crippen molar-refractivity contribution < 1.29 is 9.53 Å². The summed E-state index contributed by atoms with van der Waals surface area (Å²) in [7, 11) is 0. The van der Waals surface area contributed by atoms with Crippen LogP contribution in [0.3, 0.4) is 0 Å². The molecule has 2 rings (SSSR count). The molecule has 1 amide bonds. The molecule has 0 aromatic carbocycles. The van der Waals surface area contributed by atoms with E-state index in [1.165, 1.54) is 12.8 Å². The molecule has 1 saturated carbocycles. The van der Waals surface area contributed by atoms with Crippen molar-refractivity contribution in [2.45, 2.75) is 63.5 Å². The summed E-state index contributed by atoms with van der Waals surface area (Å²) in [6.45, 7) is 1.63. The minimum atomic E-state index is 0. The molecule has 0 aromatic heterocycles. The van der Waals surface area contributed by atoms with Gasteiger partial charge < -0.3 is 15.8 Å². The van der Waals surface area contributed by atoms with E-state index in [1.54, 1.807) is 0 Å². The highest BCUT2D eigenvalue weighted by Gasteiger charge is 2.25. The van der Waals surface area contributed by atoms with Crippen LogP contribution < -0.4 is 11.1 Å². The van der Waals surface area contributed by atoms with Crippen LogP contribution in [0.15, 0.2) is 0 Å². The number of hydrogen-bond acceptors (Lipinski definition) is 3. The standard InChI is InChI=1S/C14H26N2O2.ClH/c15-12-5-3-4-11(10-12)14(17)16-8-7-13-6-1-2-9-18-13;/h11-13H,1-10,15H2,(H,16,17);1H. The topological polar surface area (TPSA) is 64.4 Å². The first kappa shape index (κ1) is 16.7. The van der Waals surface area contributed by atoms with Crippen LogP contribution in [-0.4, -0.2) is 31.2 Å². The van der Waals surface area contributed by atoms with Gasteiger partial charge in [-0.2, -0.15) is 0 Å². The van der Waals surface area contributed by atoms with Gasteiger partial charge >= 0.3 is 0 Å². The molecule has 112 valence electrons. The average molecular weight is 291 g/mol. The Labute approximate surface area is 122 Å². The van der Waals surface area contributed by atoms with Crippen LogP contribution in [-0.2, 0) is 9.53 Å². The van der Waals surface area contributed by atoms with E-state index >= 15 is 0 Å². The van der Waals surface area contributed by atoms with Crippen LogP contribution >= 0.6 is 12.4 Å². The molecule has 3 atom stereocenters. The molecule has 0 bridgehead atoms. The van der Waals surface area contributed by atoms with E-state index in [-0.39, 0.29) is 30.3 Å². The number of amides is 1. The van der Waals surface area contributed by atoms with Crippen LogP contribution in [0.1, 0.15) is 51.4 Å². The van der Waals surface area contributed by atoms with Crippen molar-refractivity contribution in [3.05, 3.63) is 0 Å². The molecule has 2 aliphatic rings. The summed E-state index contributed by atoms with van der Waals surface area (Å²) in [5, 5.41) is 3.05. The van der Waals surface area contributed by atoms with Crippen molar-refractivity contribution in [2.24, 2.45) is 11.7 Å². The number of carbonyl (C=O) groups is 1. The molecule has 3 N–H and O–H groups in total. The molecule has 0 aromatic rings. The van der Waals surface area contributed by atoms with Crippen LogP contribution in [0.5, 0.6) is 0 Å². The highest BCUT2D eigenvalue weighted by molar-refractivity contribution is 5.85. The molecule has 1 saturated heterocycles. The number of nitrogens with two attached hydrogens (primary N) is 1. The number of halogens is 1. The first-order chi connectivity index (χ1) is 8.75. The van der Waals surface area contributed by atoms with Crippen LogP contribution in [0.4, 0.5) is 0 Å². The third kappa shape index (κ3) is 5.67. The van der Waals surface area contributed by atoms with Crippen LogP contribution in [0.2, 0.25) is 0 Å². The summed E-state index contributed by atoms with van der Waals surface area (Å²) < 4.78 is 5.65. The van der Waals surface area contributed by atoms with Gasteiger partial charge in [0.15, 0.2) is 0 Å². The van der Waals surface area contributed by atoms with Crippen molar-refractivity contribution in [3.63, 3.8) is 0 Å². The molecule has 3 unspecified atom stereocenters. The summed E-state index contributed by atoms with van der Waals surface area (Å²) in [6.07, 6.45) is 8.90. The van der Waals surface area contributed by atoms with E-state index in [9.17, 15) is 4.79 Å². The monoisotopic (exact) mass is 290 g/mol. The average Bonchev–Trinajstić information content (AvgIpc) is 2.40. The zero-order chi connectivity index (χ0) is 12.8. The summed E-state index contributed by atoms with van der Waals surface area (Å²) >= 11 is 0. The number of nitrogens with one attached hydrogen (secondary N) is 1. The van der Waals surface area contributed by atoms with Crippen molar-refractivity contribution in [2.75, 3.05) is 13.2 Å². The lowest BCUT2D eigenvalue weighted by molar-refractivity contribution is -0.126. The van der Waals surface area contributed by atoms with Gasteiger partial charge in [-0.25, -0.2) is 0 Å². The molecule has 1 aliphatic heterocycles. The Kier molecular flexibility index (Phi) is 7.73. The first-order valence-electron chi connectivity index (χ1n) is 7.40. The molecule has 2 fully saturated rings. The Morgan fingerprint density at radius 3 is 2.74 bits per heavy atom. The van der Waals surface area contributed by atoms with Gasteiger partial charge in [0.1, 0.15) is 0 Å². The van der Waals surface area contributed by atoms with Crippen molar-refractivity contribution in [3.8, 4) is 0 Å². The molecule has 0 radical (unpaired) electrons. The fraction of sp³-hybridized carbons (Fsp3) is 0.929. The van der Waals surface area contributed by atoms with Crippen molar-refractivity contribution in [1.29, 1.82) is 0 Å². The third-order valence-corrected chi connectivity index (χ3v) is 4.13. The lowest BCUT2D eigenvalue weighted by Gasteiger charge is -2.26. The fourth-order valence-electron chi connectivity index (χ4n) is 3.00. The molecule has 1 aliphatic carbocycles. The summed E-state index contributed by atoms with van der Waals surface area (Å²) in [5.41, 5.74) is 5.91. The SMILES string of the molecule is Cl.NC1CCCC(C(=O)NCCC2CCCCO2)C1. The maximum atomic E-state index is 12.0. The highest BCUT2D eigenvalue weighted by atomic mass is 35.5. The van der Waals surface area contributed by atoms with Gasteiger partial charge in [0.2, 0.25) is 5.91 Å². The Hall–Kier alpha value is -0.320. The van der Waals surface area contributed by atoms with Gasteiger partial charge in [0.05, 0.1) is 6.10 Å². The van der Waals surface area contributed by atoms with Crippen LogP contribution in [0.25, 0.3) is 0 Å². The number of rotatable bonds is 4. The minimum absolute atomic E-state index is 0. The molecule has 1 heterocycles. The zero-order valence-corrected chi connectivity index (χ0v) is 12.4. The number of ether oxygens (including phenoxy) is 1. The quantitative estimate of drug-likeness (QED) is 0.832. The predicted molar refractivity (Wildman–Crippen MR) is 78.4 cm³/mol. The number of hydrogen-bond donors (Lipinski definition) is 2. The van der Waals surface area contributed by atoms with Crippen LogP contribution in [0, 0.1) is 5.92 Å². The molecule has 0 spiro atoms. The highest BCUT2D eigenvalue weighted by Crippen LogP contribution is 2.23. The lowest BCUT2D eigenvalue weighted by atomic mass is 9.85. The van der Waals surface area contributed by atoms with E-state index in [1.807, 2.05) is 0 Å². The maximum absolute atomic E-state index is 12.0. The Bertz CT molecular complexity index is 270. The van der Waals surface area contributed by atoms with Crippen molar-refractivity contribution >= 4 is 18.3 Å². The van der Waals surface area contributed by atoms with Gasteiger partial charge in [-0.1, -0.05) is 6.42 Å². The Morgan fingerprint density at radius 1 is 1.21 bits per heavy atom. The second kappa shape index (κ2) is 8.77. The van der Waals surface area contributed by atoms with Crippen molar-refractivity contribution in [1.82, 2.24) is 5.32 Å². The summed E-state index contributed by atoms with van der Waals surface area (Å²) in [5.74, 6) is 0.335. The third-order valence-electron chi connectivity index (χ3n) is 4.13. The largest absolute Gasteiger partial charge is 0.378 e. The van der Waals surface area contributed by atoms with Gasteiger partial charge in [0.25, 0.3) is 0 Å². The van der Waals surface area contributed by atoms with Gasteiger partial charge in [-0.05, 0) is 44.9 Å². The smallest absolute Gasteiger partial charge is 0.223 e. The molecule has 5 heteroatoms. The summed E-state index contributed by atoms with van der Waals surface area (Å²) in [6, 6.07) is 0.219. The van der Waals surface area contributed by atoms with E-state index in [0.717, 1.165) is 51.7 Å². The second-order valence-corrected chi connectivity index (χ2v) is 5.69. The molecule has 19 heavy (non-hydrogen) atoms. The predicted octanol–water partition coefficient (Wildman–Crippen LogP) is 2.00. The Balaban J connectivity index is 0.00000180. The normalized spacial score (nSPS) is 31.3. The van der Waals surface area contributed by atoms with Gasteiger partial charge in [-0.15, -0.1) is 12.4 Å². The van der Waals surface area contributed by atoms with Gasteiger partial charge in [0, 0.05) is 25.1 Å². The lowest BCUT2D eigenvalue weighted by Crippen LogP contribution is -2.39. The number of carbonyl (C=O) groups excluding carboxylic acids is 1. The molecular formula is C14H27ClN2O2. The minimum Gasteiger partial charge on any atom is -0.378 e. The zero-order valence-electron chi connectivity index (χ0n) is 11.6. The second-order valence-electron chi connectivity index (χ2n) is 5.69. The van der Waals surface area contributed by atoms with E-state index in [0.29, 0.717) is 6.10 Å². The van der Waals surface area contributed by atoms with E-state index in [4.69, 9.17) is 10.5 Å². The fourth-order valence-corrected chi connectivity index (χ4v) is 3.00. The maximum Gasteiger partial charge on any atom is 0.223 e. The molecular weight excluding hydrogens is 264 g/mol. The molecule has 4 nitrogen and oxygen atoms in total. The van der Waals surface area contributed by atoms with Gasteiger partial charge in [-0.3, -0.25) is 4.79 Å². The first-order valence-corrected chi connectivity index (χ1v) is 7.40.